The van der Waals surface area contributed by atoms with Gasteiger partial charge in [-0.25, -0.2) is 15.0 Å². The fourth-order valence-electron chi connectivity index (χ4n) is 1.36. The van der Waals surface area contributed by atoms with Crippen molar-refractivity contribution in [2.75, 3.05) is 0 Å². The first-order valence-electron chi connectivity index (χ1n) is 4.87. The van der Waals surface area contributed by atoms with Crippen LogP contribution in [0, 0.1) is 0 Å². The molecule has 1 saturated carbocycles. The number of fused-ring (bicyclic) bond motifs is 1. The van der Waals surface area contributed by atoms with Gasteiger partial charge in [-0.1, -0.05) is 23.2 Å². The second-order valence-electron chi connectivity index (χ2n) is 3.63. The number of ether oxygens (including phenoxy) is 1. The molecule has 82 valence electrons. The van der Waals surface area contributed by atoms with Crippen molar-refractivity contribution in [1.29, 1.82) is 0 Å². The molecule has 0 spiro atoms. The lowest BCUT2D eigenvalue weighted by Gasteiger charge is -2.07. The Morgan fingerprint density at radius 1 is 1.19 bits per heavy atom. The molecule has 2 heterocycles. The summed E-state index contributed by atoms with van der Waals surface area (Å²) < 4.78 is 5.61. The monoisotopic (exact) mass is 255 g/mol. The highest BCUT2D eigenvalue weighted by Crippen LogP contribution is 2.33. The number of halogens is 2. The summed E-state index contributed by atoms with van der Waals surface area (Å²) >= 11 is 11.9. The van der Waals surface area contributed by atoms with Gasteiger partial charge in [0.25, 0.3) is 0 Å². The van der Waals surface area contributed by atoms with Gasteiger partial charge >= 0.3 is 0 Å². The molecule has 0 aromatic carbocycles. The Morgan fingerprint density at radius 2 is 2.00 bits per heavy atom. The van der Waals surface area contributed by atoms with Crippen LogP contribution in [0.1, 0.15) is 12.8 Å². The Balaban J connectivity index is 2.13. The van der Waals surface area contributed by atoms with Gasteiger partial charge in [-0.05, 0) is 12.8 Å². The maximum Gasteiger partial charge on any atom is 0.171 e. The molecule has 0 saturated heterocycles. The van der Waals surface area contributed by atoms with Crippen molar-refractivity contribution in [3.05, 3.63) is 22.7 Å². The molecule has 2 aromatic rings. The highest BCUT2D eigenvalue weighted by atomic mass is 35.5. The summed E-state index contributed by atoms with van der Waals surface area (Å²) in [6.07, 6.45) is 3.80. The lowest BCUT2D eigenvalue weighted by Crippen LogP contribution is -1.98. The summed E-state index contributed by atoms with van der Waals surface area (Å²) in [4.78, 5) is 12.1. The van der Waals surface area contributed by atoms with Gasteiger partial charge in [0, 0.05) is 6.07 Å². The summed E-state index contributed by atoms with van der Waals surface area (Å²) in [5, 5.41) is 0.598. The number of aromatic nitrogens is 3. The first-order chi connectivity index (χ1) is 7.74. The Bertz CT molecular complexity index is 557. The molecule has 4 nitrogen and oxygen atoms in total. The van der Waals surface area contributed by atoms with E-state index in [0.29, 0.717) is 27.1 Å². The maximum absolute atomic E-state index is 6.00. The fraction of sp³-hybridized carbons (Fsp3) is 0.300. The van der Waals surface area contributed by atoms with Gasteiger partial charge < -0.3 is 4.74 Å². The third-order valence-corrected chi connectivity index (χ3v) is 2.85. The van der Waals surface area contributed by atoms with Gasteiger partial charge in [0.05, 0.1) is 11.6 Å². The van der Waals surface area contributed by atoms with Gasteiger partial charge in [-0.3, -0.25) is 0 Å². The molecule has 0 unspecified atom stereocenters. The highest BCUT2D eigenvalue weighted by Gasteiger charge is 2.25. The predicted octanol–water partition coefficient (Wildman–Crippen LogP) is 2.87. The largest absolute Gasteiger partial charge is 0.487 e. The summed E-state index contributed by atoms with van der Waals surface area (Å²) in [5.41, 5.74) is 1.14. The molecule has 0 amide bonds. The van der Waals surface area contributed by atoms with Crippen LogP contribution in [0.5, 0.6) is 5.75 Å². The third kappa shape index (κ3) is 1.79. The molecule has 0 N–H and O–H groups in total. The van der Waals surface area contributed by atoms with Gasteiger partial charge in [-0.15, -0.1) is 0 Å². The van der Waals surface area contributed by atoms with Crippen LogP contribution in [-0.2, 0) is 0 Å². The summed E-state index contributed by atoms with van der Waals surface area (Å²) in [6, 6.07) is 1.75. The van der Waals surface area contributed by atoms with E-state index < -0.39 is 0 Å². The van der Waals surface area contributed by atoms with Crippen molar-refractivity contribution in [2.24, 2.45) is 0 Å². The Hall–Kier alpha value is -1.13. The third-order valence-electron chi connectivity index (χ3n) is 2.31. The standard InChI is InChI=1S/C10H7Cl2N3O/c11-9-7(16-5-1-2-5)3-6-8(15-9)10(12)14-4-13-6/h3-5H,1-2H2. The van der Waals surface area contributed by atoms with E-state index in [-0.39, 0.29) is 6.10 Å². The molecule has 1 aliphatic rings. The molecule has 2 aromatic heterocycles. The molecule has 3 rings (SSSR count). The van der Waals surface area contributed by atoms with E-state index in [1.165, 1.54) is 6.33 Å². The lowest BCUT2D eigenvalue weighted by atomic mass is 10.3. The van der Waals surface area contributed by atoms with Crippen LogP contribution < -0.4 is 4.74 Å². The van der Waals surface area contributed by atoms with Crippen LogP contribution in [0.3, 0.4) is 0 Å². The molecular formula is C10H7Cl2N3O. The van der Waals surface area contributed by atoms with Crippen molar-refractivity contribution in [3.8, 4) is 5.75 Å². The summed E-state index contributed by atoms with van der Waals surface area (Å²) in [7, 11) is 0. The summed E-state index contributed by atoms with van der Waals surface area (Å²) in [5.74, 6) is 0.562. The minimum Gasteiger partial charge on any atom is -0.487 e. The van der Waals surface area contributed by atoms with Gasteiger partial charge in [0.1, 0.15) is 11.8 Å². The second kappa shape index (κ2) is 3.71. The molecule has 0 atom stereocenters. The van der Waals surface area contributed by atoms with Crippen molar-refractivity contribution in [2.45, 2.75) is 18.9 Å². The maximum atomic E-state index is 6.00. The number of hydrogen-bond donors (Lipinski definition) is 0. The number of nitrogens with zero attached hydrogens (tertiary/aromatic N) is 3. The van der Waals surface area contributed by atoms with E-state index in [4.69, 9.17) is 27.9 Å². The van der Waals surface area contributed by atoms with Crippen molar-refractivity contribution < 1.29 is 4.74 Å². The van der Waals surface area contributed by atoms with Gasteiger partial charge in [0.15, 0.2) is 16.1 Å². The average molecular weight is 256 g/mol. The smallest absolute Gasteiger partial charge is 0.171 e. The highest BCUT2D eigenvalue weighted by molar-refractivity contribution is 6.34. The van der Waals surface area contributed by atoms with Gasteiger partial charge in [0.2, 0.25) is 0 Å². The van der Waals surface area contributed by atoms with Crippen molar-refractivity contribution >= 4 is 34.2 Å². The number of rotatable bonds is 2. The molecule has 16 heavy (non-hydrogen) atoms. The topological polar surface area (TPSA) is 47.9 Å². The fourth-order valence-corrected chi connectivity index (χ4v) is 1.73. The van der Waals surface area contributed by atoms with Crippen molar-refractivity contribution in [3.63, 3.8) is 0 Å². The van der Waals surface area contributed by atoms with Crippen LogP contribution in [0.15, 0.2) is 12.4 Å². The minimum atomic E-state index is 0.272. The molecular weight excluding hydrogens is 249 g/mol. The minimum absolute atomic E-state index is 0.272. The van der Waals surface area contributed by atoms with E-state index in [1.807, 2.05) is 0 Å². The molecule has 0 aliphatic heterocycles. The molecule has 0 bridgehead atoms. The average Bonchev–Trinajstić information content (AvgIpc) is 3.05. The first-order valence-corrected chi connectivity index (χ1v) is 5.63. The zero-order valence-electron chi connectivity index (χ0n) is 8.15. The molecule has 1 aliphatic carbocycles. The Kier molecular flexibility index (Phi) is 2.33. The molecule has 6 heteroatoms. The predicted molar refractivity (Wildman–Crippen MR) is 61.0 cm³/mol. The second-order valence-corrected chi connectivity index (χ2v) is 4.34. The van der Waals surface area contributed by atoms with Gasteiger partial charge in [-0.2, -0.15) is 0 Å². The Morgan fingerprint density at radius 3 is 2.75 bits per heavy atom. The summed E-state index contributed by atoms with van der Waals surface area (Å²) in [6.45, 7) is 0. The van der Waals surface area contributed by atoms with Crippen LogP contribution in [0.2, 0.25) is 10.3 Å². The van der Waals surface area contributed by atoms with Crippen LogP contribution in [0.25, 0.3) is 11.0 Å². The number of pyridine rings is 1. The quantitative estimate of drug-likeness (QED) is 0.612. The zero-order chi connectivity index (χ0) is 11.1. The number of hydrogen-bond acceptors (Lipinski definition) is 4. The lowest BCUT2D eigenvalue weighted by molar-refractivity contribution is 0.302. The van der Waals surface area contributed by atoms with E-state index in [2.05, 4.69) is 15.0 Å². The van der Waals surface area contributed by atoms with E-state index in [0.717, 1.165) is 12.8 Å². The van der Waals surface area contributed by atoms with Crippen LogP contribution in [0.4, 0.5) is 0 Å². The Labute approximate surface area is 102 Å². The normalized spacial score (nSPS) is 15.4. The SMILES string of the molecule is Clc1nc2c(Cl)ncnc2cc1OC1CC1. The van der Waals surface area contributed by atoms with Crippen molar-refractivity contribution in [1.82, 2.24) is 15.0 Å². The zero-order valence-corrected chi connectivity index (χ0v) is 9.66. The molecule has 0 radical (unpaired) electrons. The van der Waals surface area contributed by atoms with Crippen LogP contribution in [-0.4, -0.2) is 21.1 Å². The molecule has 1 fully saturated rings. The first kappa shape index (κ1) is 10.1. The van der Waals surface area contributed by atoms with E-state index in [1.54, 1.807) is 6.07 Å². The van der Waals surface area contributed by atoms with Crippen LogP contribution >= 0.6 is 23.2 Å². The van der Waals surface area contributed by atoms with E-state index >= 15 is 0 Å². The van der Waals surface area contributed by atoms with E-state index in [9.17, 15) is 0 Å².